The molecule has 3 unspecified atom stereocenters. The van der Waals surface area contributed by atoms with E-state index in [-0.39, 0.29) is 6.54 Å². The number of aliphatic carboxylic acids is 1. The third-order valence-corrected chi connectivity index (χ3v) is 5.11. The summed E-state index contributed by atoms with van der Waals surface area (Å²) in [6.45, 7) is 0.921. The molecule has 1 aromatic carbocycles. The first kappa shape index (κ1) is 13.7. The van der Waals surface area contributed by atoms with Gasteiger partial charge >= 0.3 is 5.97 Å². The number of fused-ring (bicyclic) bond motifs is 2. The van der Waals surface area contributed by atoms with Gasteiger partial charge in [0.1, 0.15) is 6.54 Å². The molecule has 3 atom stereocenters. The maximum absolute atomic E-state index is 11.1. The zero-order valence-corrected chi connectivity index (χ0v) is 12.2. The summed E-state index contributed by atoms with van der Waals surface area (Å²) in [5.41, 5.74) is 0.958. The Morgan fingerprint density at radius 3 is 2.55 bits per heavy atom. The average molecular weight is 294 g/mol. The van der Waals surface area contributed by atoms with Crippen LogP contribution >= 0.6 is 11.6 Å². The molecule has 0 heterocycles. The quantitative estimate of drug-likeness (QED) is 0.900. The highest BCUT2D eigenvalue weighted by Crippen LogP contribution is 2.48. The molecule has 2 aliphatic rings. The molecule has 108 valence electrons. The van der Waals surface area contributed by atoms with Crippen LogP contribution in [0.4, 0.5) is 5.69 Å². The Morgan fingerprint density at radius 1 is 1.25 bits per heavy atom. The van der Waals surface area contributed by atoms with Crippen molar-refractivity contribution in [3.05, 3.63) is 29.3 Å². The minimum atomic E-state index is -0.775. The summed E-state index contributed by atoms with van der Waals surface area (Å²) >= 11 is 5.91. The second-order valence-electron chi connectivity index (χ2n) is 6.19. The second-order valence-corrected chi connectivity index (χ2v) is 6.62. The number of hydrogen-bond donors (Lipinski definition) is 1. The lowest BCUT2D eigenvalue weighted by Crippen LogP contribution is -2.35. The molecule has 3 nitrogen and oxygen atoms in total. The van der Waals surface area contributed by atoms with Gasteiger partial charge in [-0.25, -0.2) is 0 Å². The van der Waals surface area contributed by atoms with Crippen LogP contribution in [0.5, 0.6) is 0 Å². The minimum Gasteiger partial charge on any atom is -0.480 e. The number of carboxylic acid groups (broad SMARTS) is 1. The number of nitrogens with zero attached hydrogens (tertiary/aromatic N) is 1. The van der Waals surface area contributed by atoms with Crippen molar-refractivity contribution in [1.29, 1.82) is 0 Å². The normalized spacial score (nSPS) is 27.8. The van der Waals surface area contributed by atoms with E-state index in [4.69, 9.17) is 16.7 Å². The van der Waals surface area contributed by atoms with Crippen molar-refractivity contribution in [2.45, 2.75) is 25.7 Å². The molecule has 3 rings (SSSR count). The number of hydrogen-bond acceptors (Lipinski definition) is 2. The Bertz CT molecular complexity index is 488. The van der Waals surface area contributed by atoms with Crippen LogP contribution < -0.4 is 4.90 Å². The highest BCUT2D eigenvalue weighted by atomic mass is 35.5. The van der Waals surface area contributed by atoms with Crippen molar-refractivity contribution in [2.24, 2.45) is 17.8 Å². The van der Waals surface area contributed by atoms with E-state index in [9.17, 15) is 4.79 Å². The minimum absolute atomic E-state index is 0.0650. The molecule has 0 amide bonds. The lowest BCUT2D eigenvalue weighted by atomic mass is 9.88. The van der Waals surface area contributed by atoms with Crippen LogP contribution in [0.1, 0.15) is 25.7 Å². The van der Waals surface area contributed by atoms with Crippen LogP contribution in [-0.2, 0) is 4.79 Å². The SMILES string of the molecule is O=C(O)CN(CC1CC2CCC1C2)c1ccc(Cl)cc1. The first-order valence-corrected chi connectivity index (χ1v) is 7.72. The fourth-order valence-corrected chi connectivity index (χ4v) is 4.09. The summed E-state index contributed by atoms with van der Waals surface area (Å²) < 4.78 is 0. The molecule has 2 aliphatic carbocycles. The Morgan fingerprint density at radius 2 is 2.00 bits per heavy atom. The summed E-state index contributed by atoms with van der Waals surface area (Å²) in [4.78, 5) is 13.1. The maximum atomic E-state index is 11.1. The summed E-state index contributed by atoms with van der Waals surface area (Å²) in [5, 5.41) is 9.82. The highest BCUT2D eigenvalue weighted by molar-refractivity contribution is 6.30. The molecule has 0 spiro atoms. The van der Waals surface area contributed by atoms with E-state index in [0.29, 0.717) is 10.9 Å². The molecule has 2 saturated carbocycles. The summed E-state index contributed by atoms with van der Waals surface area (Å²) in [6.07, 6.45) is 5.33. The van der Waals surface area contributed by atoms with E-state index >= 15 is 0 Å². The molecule has 0 radical (unpaired) electrons. The zero-order valence-electron chi connectivity index (χ0n) is 11.5. The Labute approximate surface area is 124 Å². The van der Waals surface area contributed by atoms with Crippen LogP contribution in [0.2, 0.25) is 5.02 Å². The molecule has 0 aliphatic heterocycles. The number of carboxylic acids is 1. The molecular weight excluding hydrogens is 274 g/mol. The lowest BCUT2D eigenvalue weighted by molar-refractivity contribution is -0.135. The van der Waals surface area contributed by atoms with E-state index in [1.807, 2.05) is 29.2 Å². The molecule has 2 fully saturated rings. The van der Waals surface area contributed by atoms with Crippen molar-refractivity contribution in [2.75, 3.05) is 18.0 Å². The van der Waals surface area contributed by atoms with Gasteiger partial charge in [-0.1, -0.05) is 18.0 Å². The first-order valence-electron chi connectivity index (χ1n) is 7.34. The smallest absolute Gasteiger partial charge is 0.323 e. The van der Waals surface area contributed by atoms with E-state index in [2.05, 4.69) is 0 Å². The van der Waals surface area contributed by atoms with Crippen molar-refractivity contribution in [1.82, 2.24) is 0 Å². The molecular formula is C16H20ClNO2. The molecule has 4 heteroatoms. The van der Waals surface area contributed by atoms with Gasteiger partial charge in [-0.3, -0.25) is 4.79 Å². The van der Waals surface area contributed by atoms with Crippen LogP contribution in [0, 0.1) is 17.8 Å². The van der Waals surface area contributed by atoms with Crippen molar-refractivity contribution in [3.8, 4) is 0 Å². The predicted octanol–water partition coefficient (Wildman–Crippen LogP) is 3.67. The predicted molar refractivity (Wildman–Crippen MR) is 80.2 cm³/mol. The third-order valence-electron chi connectivity index (χ3n) is 4.86. The standard InChI is InChI=1S/C16H20ClNO2/c17-14-3-5-15(6-4-14)18(10-16(19)20)9-13-8-11-1-2-12(13)7-11/h3-6,11-13H,1-2,7-10H2,(H,19,20). The van der Waals surface area contributed by atoms with Gasteiger partial charge in [0.2, 0.25) is 0 Å². The maximum Gasteiger partial charge on any atom is 0.323 e. The van der Waals surface area contributed by atoms with Crippen molar-refractivity contribution < 1.29 is 9.90 Å². The van der Waals surface area contributed by atoms with Gasteiger partial charge in [0.15, 0.2) is 0 Å². The average Bonchev–Trinajstić information content (AvgIpc) is 3.00. The monoisotopic (exact) mass is 293 g/mol. The van der Waals surface area contributed by atoms with Gasteiger partial charge in [0, 0.05) is 17.3 Å². The highest BCUT2D eigenvalue weighted by Gasteiger charge is 2.40. The summed E-state index contributed by atoms with van der Waals surface area (Å²) in [5.74, 6) is 1.58. The fraction of sp³-hybridized carbons (Fsp3) is 0.562. The molecule has 0 aromatic heterocycles. The number of benzene rings is 1. The van der Waals surface area contributed by atoms with E-state index in [1.165, 1.54) is 25.7 Å². The van der Waals surface area contributed by atoms with Gasteiger partial charge in [-0.2, -0.15) is 0 Å². The molecule has 20 heavy (non-hydrogen) atoms. The third kappa shape index (κ3) is 2.93. The summed E-state index contributed by atoms with van der Waals surface area (Å²) in [7, 11) is 0. The Kier molecular flexibility index (Phi) is 3.88. The number of carbonyl (C=O) groups is 1. The zero-order chi connectivity index (χ0) is 14.1. The lowest BCUT2D eigenvalue weighted by Gasteiger charge is -2.30. The van der Waals surface area contributed by atoms with Crippen LogP contribution in [0.15, 0.2) is 24.3 Å². The van der Waals surface area contributed by atoms with Gasteiger partial charge in [0.05, 0.1) is 0 Å². The number of halogens is 1. The van der Waals surface area contributed by atoms with Crippen LogP contribution in [0.25, 0.3) is 0 Å². The molecule has 0 saturated heterocycles. The second kappa shape index (κ2) is 5.65. The van der Waals surface area contributed by atoms with Crippen LogP contribution in [-0.4, -0.2) is 24.2 Å². The van der Waals surface area contributed by atoms with E-state index in [0.717, 1.165) is 24.1 Å². The van der Waals surface area contributed by atoms with Crippen molar-refractivity contribution >= 4 is 23.3 Å². The number of rotatable bonds is 5. The Hall–Kier alpha value is -1.22. The van der Waals surface area contributed by atoms with Gasteiger partial charge in [-0.15, -0.1) is 0 Å². The first-order chi connectivity index (χ1) is 9.61. The fourth-order valence-electron chi connectivity index (χ4n) is 3.96. The van der Waals surface area contributed by atoms with Gasteiger partial charge in [0.25, 0.3) is 0 Å². The molecule has 2 bridgehead atoms. The van der Waals surface area contributed by atoms with Crippen molar-refractivity contribution in [3.63, 3.8) is 0 Å². The molecule has 1 aromatic rings. The van der Waals surface area contributed by atoms with Gasteiger partial charge < -0.3 is 10.0 Å². The topological polar surface area (TPSA) is 40.5 Å². The number of anilines is 1. The Balaban J connectivity index is 1.72. The summed E-state index contributed by atoms with van der Waals surface area (Å²) in [6, 6.07) is 7.48. The van der Waals surface area contributed by atoms with E-state index in [1.54, 1.807) is 0 Å². The van der Waals surface area contributed by atoms with Crippen LogP contribution in [0.3, 0.4) is 0 Å². The van der Waals surface area contributed by atoms with E-state index < -0.39 is 5.97 Å². The van der Waals surface area contributed by atoms with Gasteiger partial charge in [-0.05, 0) is 61.3 Å². The molecule has 1 N–H and O–H groups in total. The largest absolute Gasteiger partial charge is 0.480 e.